The molecule has 0 heterocycles. The summed E-state index contributed by atoms with van der Waals surface area (Å²) in [4.78, 5) is 13.9. The number of hydrogen-bond donors (Lipinski definition) is 0. The minimum atomic E-state index is 0.298. The summed E-state index contributed by atoms with van der Waals surface area (Å²) in [5, 5.41) is 8.64. The van der Waals surface area contributed by atoms with Gasteiger partial charge >= 0.3 is 0 Å². The summed E-state index contributed by atoms with van der Waals surface area (Å²) in [7, 11) is 0. The summed E-state index contributed by atoms with van der Waals surface area (Å²) in [6.45, 7) is 7.23. The van der Waals surface area contributed by atoms with Gasteiger partial charge in [-0.15, -0.1) is 0 Å². The Morgan fingerprint density at radius 2 is 2.24 bits per heavy atom. The van der Waals surface area contributed by atoms with Crippen LogP contribution in [0.2, 0.25) is 0 Å². The van der Waals surface area contributed by atoms with Crippen molar-refractivity contribution in [1.29, 1.82) is 5.26 Å². The van der Waals surface area contributed by atoms with Crippen LogP contribution in [0.25, 0.3) is 0 Å². The molecular weight excluding hydrogens is 212 g/mol. The molecule has 0 aromatic heterocycles. The Hall–Kier alpha value is -0.880. The quantitative estimate of drug-likeness (QED) is 0.682. The molecule has 0 radical (unpaired) electrons. The molecule has 96 valence electrons. The number of Topliss-reactive ketones (excluding diaryl/α,β-unsaturated/α-hetero) is 1. The van der Waals surface area contributed by atoms with Crippen molar-refractivity contribution in [1.82, 2.24) is 4.90 Å². The van der Waals surface area contributed by atoms with Gasteiger partial charge in [0.1, 0.15) is 5.78 Å². The fraction of sp³-hybridized carbons (Fsp3) is 0.857. The number of ketones is 1. The van der Waals surface area contributed by atoms with Crippen molar-refractivity contribution in [2.24, 2.45) is 11.8 Å². The molecule has 17 heavy (non-hydrogen) atoms. The third-order valence-electron chi connectivity index (χ3n) is 3.39. The fourth-order valence-corrected chi connectivity index (χ4v) is 2.55. The van der Waals surface area contributed by atoms with E-state index in [0.717, 1.165) is 45.3 Å². The highest BCUT2D eigenvalue weighted by Crippen LogP contribution is 2.24. The van der Waals surface area contributed by atoms with Crippen LogP contribution >= 0.6 is 0 Å². The van der Waals surface area contributed by atoms with Gasteiger partial charge in [-0.2, -0.15) is 5.26 Å². The zero-order valence-electron chi connectivity index (χ0n) is 11.1. The number of hydrogen-bond acceptors (Lipinski definition) is 3. The van der Waals surface area contributed by atoms with Crippen LogP contribution in [0.1, 0.15) is 46.0 Å². The zero-order valence-corrected chi connectivity index (χ0v) is 11.1. The van der Waals surface area contributed by atoms with Crippen LogP contribution in [0, 0.1) is 23.2 Å². The molecule has 3 nitrogen and oxygen atoms in total. The van der Waals surface area contributed by atoms with Gasteiger partial charge in [0.25, 0.3) is 0 Å². The minimum absolute atomic E-state index is 0.298. The minimum Gasteiger partial charge on any atom is -0.302 e. The number of carbonyl (C=O) groups excluding carboxylic acids is 1. The van der Waals surface area contributed by atoms with Crippen LogP contribution in [0.5, 0.6) is 0 Å². The largest absolute Gasteiger partial charge is 0.302 e. The van der Waals surface area contributed by atoms with Crippen LogP contribution in [0.15, 0.2) is 0 Å². The molecule has 0 aliphatic heterocycles. The van der Waals surface area contributed by atoms with Crippen LogP contribution in [0.3, 0.4) is 0 Å². The molecule has 1 rings (SSSR count). The highest BCUT2D eigenvalue weighted by molar-refractivity contribution is 5.82. The van der Waals surface area contributed by atoms with Gasteiger partial charge in [0.2, 0.25) is 0 Å². The van der Waals surface area contributed by atoms with Gasteiger partial charge in [-0.1, -0.05) is 13.8 Å². The van der Waals surface area contributed by atoms with E-state index in [1.165, 1.54) is 0 Å². The van der Waals surface area contributed by atoms with E-state index in [9.17, 15) is 4.79 Å². The van der Waals surface area contributed by atoms with Crippen LogP contribution in [-0.4, -0.2) is 30.3 Å². The second-order valence-corrected chi connectivity index (χ2v) is 5.45. The molecule has 0 aromatic rings. The SMILES string of the molecule is CC(C)CN(CCC#N)CCC1CCCC1=O. The first kappa shape index (κ1) is 14.2. The number of carbonyl (C=O) groups is 1. The van der Waals surface area contributed by atoms with E-state index >= 15 is 0 Å². The molecular formula is C14H24N2O. The van der Waals surface area contributed by atoms with E-state index in [4.69, 9.17) is 5.26 Å². The predicted molar refractivity (Wildman–Crippen MR) is 68.5 cm³/mol. The first-order valence-corrected chi connectivity index (χ1v) is 6.75. The fourth-order valence-electron chi connectivity index (χ4n) is 2.55. The van der Waals surface area contributed by atoms with Crippen molar-refractivity contribution in [3.8, 4) is 6.07 Å². The Kier molecular flexibility index (Phi) is 6.21. The molecule has 1 unspecified atom stereocenters. The average Bonchev–Trinajstić information content (AvgIpc) is 2.67. The molecule has 0 N–H and O–H groups in total. The lowest BCUT2D eigenvalue weighted by Crippen LogP contribution is -2.31. The third-order valence-corrected chi connectivity index (χ3v) is 3.39. The van der Waals surface area contributed by atoms with E-state index in [2.05, 4.69) is 24.8 Å². The van der Waals surface area contributed by atoms with Crippen molar-refractivity contribution < 1.29 is 4.79 Å². The molecule has 1 saturated carbocycles. The van der Waals surface area contributed by atoms with E-state index in [1.54, 1.807) is 0 Å². The molecule has 0 bridgehead atoms. The Labute approximate surface area is 105 Å². The second kappa shape index (κ2) is 7.45. The third kappa shape index (κ3) is 5.32. The Morgan fingerprint density at radius 1 is 1.47 bits per heavy atom. The number of rotatable bonds is 7. The summed E-state index contributed by atoms with van der Waals surface area (Å²) in [5.74, 6) is 1.37. The number of nitrogens with zero attached hydrogens (tertiary/aromatic N) is 2. The van der Waals surface area contributed by atoms with E-state index in [-0.39, 0.29) is 0 Å². The molecule has 3 heteroatoms. The monoisotopic (exact) mass is 236 g/mol. The van der Waals surface area contributed by atoms with E-state index < -0.39 is 0 Å². The van der Waals surface area contributed by atoms with Gasteiger partial charge in [-0.25, -0.2) is 0 Å². The molecule has 1 atom stereocenters. The van der Waals surface area contributed by atoms with Crippen molar-refractivity contribution in [2.75, 3.05) is 19.6 Å². The highest BCUT2D eigenvalue weighted by Gasteiger charge is 2.24. The molecule has 1 aliphatic carbocycles. The summed E-state index contributed by atoms with van der Waals surface area (Å²) in [5.41, 5.74) is 0. The van der Waals surface area contributed by atoms with E-state index in [0.29, 0.717) is 24.0 Å². The lowest BCUT2D eigenvalue weighted by molar-refractivity contribution is -0.120. The van der Waals surface area contributed by atoms with Crippen molar-refractivity contribution in [3.05, 3.63) is 0 Å². The van der Waals surface area contributed by atoms with Crippen LogP contribution < -0.4 is 0 Å². The Morgan fingerprint density at radius 3 is 2.76 bits per heavy atom. The lowest BCUT2D eigenvalue weighted by atomic mass is 10.0. The summed E-state index contributed by atoms with van der Waals surface area (Å²) >= 11 is 0. The second-order valence-electron chi connectivity index (χ2n) is 5.45. The van der Waals surface area contributed by atoms with Gasteiger partial charge in [0.05, 0.1) is 6.07 Å². The first-order valence-electron chi connectivity index (χ1n) is 6.75. The van der Waals surface area contributed by atoms with Crippen molar-refractivity contribution in [2.45, 2.75) is 46.0 Å². The summed E-state index contributed by atoms with van der Waals surface area (Å²) in [6.07, 6.45) is 4.51. The van der Waals surface area contributed by atoms with Crippen molar-refractivity contribution >= 4 is 5.78 Å². The normalized spacial score (nSPS) is 20.2. The van der Waals surface area contributed by atoms with Gasteiger partial charge in [0.15, 0.2) is 0 Å². The predicted octanol–water partition coefficient (Wildman–Crippen LogP) is 2.62. The molecule has 0 amide bonds. The maximum atomic E-state index is 11.6. The molecule has 0 spiro atoms. The highest BCUT2D eigenvalue weighted by atomic mass is 16.1. The molecule has 0 saturated heterocycles. The Balaban J connectivity index is 2.32. The van der Waals surface area contributed by atoms with Gasteiger partial charge in [-0.3, -0.25) is 4.79 Å². The maximum Gasteiger partial charge on any atom is 0.136 e. The molecule has 0 aromatic carbocycles. The van der Waals surface area contributed by atoms with E-state index in [1.807, 2.05) is 0 Å². The smallest absolute Gasteiger partial charge is 0.136 e. The summed E-state index contributed by atoms with van der Waals surface area (Å²) in [6, 6.07) is 2.20. The number of nitriles is 1. The first-order chi connectivity index (χ1) is 8.13. The topological polar surface area (TPSA) is 44.1 Å². The van der Waals surface area contributed by atoms with Crippen LogP contribution in [0.4, 0.5) is 0 Å². The van der Waals surface area contributed by atoms with Gasteiger partial charge < -0.3 is 4.90 Å². The van der Waals surface area contributed by atoms with Crippen molar-refractivity contribution in [3.63, 3.8) is 0 Å². The molecule has 1 aliphatic rings. The average molecular weight is 236 g/mol. The van der Waals surface area contributed by atoms with Gasteiger partial charge in [-0.05, 0) is 31.7 Å². The lowest BCUT2D eigenvalue weighted by Gasteiger charge is -2.24. The summed E-state index contributed by atoms with van der Waals surface area (Å²) < 4.78 is 0. The molecule has 1 fully saturated rings. The Bertz CT molecular complexity index is 280. The zero-order chi connectivity index (χ0) is 12.7. The standard InChI is InChI=1S/C14H24N2O/c1-12(2)11-16(9-4-8-15)10-7-13-5-3-6-14(13)17/h12-13H,3-7,9-11H2,1-2H3. The van der Waals surface area contributed by atoms with Crippen LogP contribution in [-0.2, 0) is 4.79 Å². The van der Waals surface area contributed by atoms with Gasteiger partial charge in [0, 0.05) is 31.8 Å². The maximum absolute atomic E-state index is 11.6.